The van der Waals surface area contributed by atoms with E-state index < -0.39 is 5.60 Å². The highest BCUT2D eigenvalue weighted by Gasteiger charge is 2.41. The van der Waals surface area contributed by atoms with Crippen LogP contribution >= 0.6 is 0 Å². The summed E-state index contributed by atoms with van der Waals surface area (Å²) < 4.78 is 11.3. The number of fused-ring (bicyclic) bond motifs is 1. The van der Waals surface area contributed by atoms with E-state index in [1.165, 1.54) is 5.56 Å². The minimum Gasteiger partial charge on any atom is -0.497 e. The molecular weight excluding hydrogens is 448 g/mol. The fraction of sp³-hybridized carbons (Fsp3) is 0.323. The van der Waals surface area contributed by atoms with Gasteiger partial charge in [0.15, 0.2) is 0 Å². The zero-order valence-corrected chi connectivity index (χ0v) is 21.1. The lowest BCUT2D eigenvalue weighted by atomic mass is 9.72. The quantitative estimate of drug-likeness (QED) is 0.288. The second-order valence-electron chi connectivity index (χ2n) is 9.67. The standard InChI is InChI=1S/C31H34N2O3/c1-35-26-13-14-28-25(21-26)22-27(30(32-28)36-2)29(24-11-7-4-8-12-24)31(34,17-18-33-19-20-33)16-15-23-9-5-3-6-10-23/h3-14,21-22,29,34H,15-20H2,1-2H3. The summed E-state index contributed by atoms with van der Waals surface area (Å²) in [6.07, 6.45) is 2.08. The summed E-state index contributed by atoms with van der Waals surface area (Å²) in [6, 6.07) is 28.7. The van der Waals surface area contributed by atoms with E-state index in [0.29, 0.717) is 18.7 Å². The van der Waals surface area contributed by atoms with E-state index in [2.05, 4.69) is 47.4 Å². The van der Waals surface area contributed by atoms with E-state index in [-0.39, 0.29) is 5.92 Å². The normalized spacial score (nSPS) is 15.9. The van der Waals surface area contributed by atoms with Gasteiger partial charge < -0.3 is 19.5 Å². The first kappa shape index (κ1) is 24.3. The van der Waals surface area contributed by atoms with E-state index in [1.54, 1.807) is 14.2 Å². The molecule has 1 aromatic heterocycles. The van der Waals surface area contributed by atoms with Crippen molar-refractivity contribution in [1.82, 2.24) is 9.88 Å². The zero-order chi connectivity index (χ0) is 25.0. The van der Waals surface area contributed by atoms with E-state index in [0.717, 1.165) is 53.8 Å². The van der Waals surface area contributed by atoms with Crippen LogP contribution in [0.5, 0.6) is 11.6 Å². The summed E-state index contributed by atoms with van der Waals surface area (Å²) in [5.41, 5.74) is 3.01. The molecule has 36 heavy (non-hydrogen) atoms. The average molecular weight is 483 g/mol. The Morgan fingerprint density at radius 3 is 2.28 bits per heavy atom. The summed E-state index contributed by atoms with van der Waals surface area (Å²) in [6.45, 7) is 3.07. The number of benzene rings is 3. The van der Waals surface area contributed by atoms with Crippen LogP contribution in [0.15, 0.2) is 84.9 Å². The van der Waals surface area contributed by atoms with Crippen LogP contribution in [0.25, 0.3) is 10.9 Å². The maximum atomic E-state index is 12.6. The third kappa shape index (κ3) is 5.38. The number of ether oxygens (including phenoxy) is 2. The Labute approximate surface area is 213 Å². The van der Waals surface area contributed by atoms with Crippen molar-refractivity contribution in [1.29, 1.82) is 0 Å². The summed E-state index contributed by atoms with van der Waals surface area (Å²) in [7, 11) is 3.32. The first-order chi connectivity index (χ1) is 17.6. The highest BCUT2D eigenvalue weighted by Crippen LogP contribution is 2.44. The summed E-state index contributed by atoms with van der Waals surface area (Å²) in [4.78, 5) is 7.23. The van der Waals surface area contributed by atoms with Gasteiger partial charge in [0.25, 0.3) is 0 Å². The minimum atomic E-state index is -0.999. The predicted octanol–water partition coefficient (Wildman–Crippen LogP) is 5.45. The van der Waals surface area contributed by atoms with Crippen LogP contribution in [0.2, 0.25) is 0 Å². The molecule has 2 unspecified atom stereocenters. The number of aliphatic hydroxyl groups is 1. The van der Waals surface area contributed by atoms with Gasteiger partial charge in [-0.1, -0.05) is 60.7 Å². The fourth-order valence-corrected chi connectivity index (χ4v) is 5.14. The summed E-state index contributed by atoms with van der Waals surface area (Å²) in [5, 5.41) is 13.5. The summed E-state index contributed by atoms with van der Waals surface area (Å²) in [5.74, 6) is 1.02. The fourth-order valence-electron chi connectivity index (χ4n) is 5.14. The molecule has 1 aliphatic heterocycles. The first-order valence-electron chi connectivity index (χ1n) is 12.7. The number of rotatable bonds is 11. The number of hydrogen-bond acceptors (Lipinski definition) is 5. The Balaban J connectivity index is 1.63. The van der Waals surface area contributed by atoms with Gasteiger partial charge in [0.05, 0.1) is 25.3 Å². The monoisotopic (exact) mass is 482 g/mol. The largest absolute Gasteiger partial charge is 0.497 e. The second-order valence-corrected chi connectivity index (χ2v) is 9.67. The third-order valence-corrected chi connectivity index (χ3v) is 7.28. The van der Waals surface area contributed by atoms with Gasteiger partial charge in [-0.3, -0.25) is 0 Å². The molecule has 2 heterocycles. The Morgan fingerprint density at radius 2 is 1.61 bits per heavy atom. The summed E-state index contributed by atoms with van der Waals surface area (Å²) >= 11 is 0. The lowest BCUT2D eigenvalue weighted by Gasteiger charge is -2.38. The number of hydrogen-bond donors (Lipinski definition) is 1. The molecule has 5 nitrogen and oxygen atoms in total. The molecule has 1 aliphatic rings. The number of aromatic nitrogens is 1. The van der Waals surface area contributed by atoms with Crippen molar-refractivity contribution in [3.05, 3.63) is 102 Å². The van der Waals surface area contributed by atoms with E-state index in [1.807, 2.05) is 42.5 Å². The van der Waals surface area contributed by atoms with E-state index in [9.17, 15) is 5.11 Å². The van der Waals surface area contributed by atoms with Crippen LogP contribution in [0.1, 0.15) is 35.4 Å². The van der Waals surface area contributed by atoms with Gasteiger partial charge in [-0.25, -0.2) is 4.98 Å². The zero-order valence-electron chi connectivity index (χ0n) is 21.1. The smallest absolute Gasteiger partial charge is 0.217 e. The molecule has 5 heteroatoms. The second kappa shape index (κ2) is 10.7. The van der Waals surface area contributed by atoms with Crippen molar-refractivity contribution in [2.45, 2.75) is 30.8 Å². The molecule has 0 amide bonds. The van der Waals surface area contributed by atoms with Crippen molar-refractivity contribution < 1.29 is 14.6 Å². The van der Waals surface area contributed by atoms with Crippen molar-refractivity contribution >= 4 is 10.9 Å². The Morgan fingerprint density at radius 1 is 0.889 bits per heavy atom. The van der Waals surface area contributed by atoms with Gasteiger partial charge >= 0.3 is 0 Å². The Kier molecular flexibility index (Phi) is 7.21. The molecule has 0 bridgehead atoms. The topological polar surface area (TPSA) is 54.6 Å². The number of nitrogens with zero attached hydrogens (tertiary/aromatic N) is 2. The van der Waals surface area contributed by atoms with Crippen LogP contribution < -0.4 is 9.47 Å². The lowest BCUT2D eigenvalue weighted by molar-refractivity contribution is 0.00344. The van der Waals surface area contributed by atoms with Gasteiger partial charge in [-0.15, -0.1) is 0 Å². The van der Waals surface area contributed by atoms with Crippen LogP contribution in [0, 0.1) is 0 Å². The molecule has 5 rings (SSSR count). The predicted molar refractivity (Wildman–Crippen MR) is 144 cm³/mol. The molecule has 3 aromatic carbocycles. The highest BCUT2D eigenvalue weighted by atomic mass is 16.5. The van der Waals surface area contributed by atoms with Crippen LogP contribution in [-0.2, 0) is 6.42 Å². The molecular formula is C31H34N2O3. The average Bonchev–Trinajstić information content (AvgIpc) is 3.76. The number of methoxy groups -OCH3 is 2. The molecule has 0 aliphatic carbocycles. The van der Waals surface area contributed by atoms with Crippen molar-refractivity contribution in [2.24, 2.45) is 0 Å². The highest BCUT2D eigenvalue weighted by molar-refractivity contribution is 5.82. The molecule has 186 valence electrons. The van der Waals surface area contributed by atoms with Gasteiger partial charge in [0.1, 0.15) is 5.75 Å². The SMILES string of the molecule is COc1ccc2nc(OC)c(C(c3ccccc3)C(O)(CCc3ccccc3)CCN3CC3)cc2c1. The van der Waals surface area contributed by atoms with Crippen molar-refractivity contribution in [3.8, 4) is 11.6 Å². The van der Waals surface area contributed by atoms with E-state index in [4.69, 9.17) is 14.5 Å². The maximum Gasteiger partial charge on any atom is 0.217 e. The Hall–Kier alpha value is -3.41. The van der Waals surface area contributed by atoms with Gasteiger partial charge in [0, 0.05) is 36.5 Å². The van der Waals surface area contributed by atoms with Crippen molar-refractivity contribution in [2.75, 3.05) is 33.9 Å². The number of pyridine rings is 1. The van der Waals surface area contributed by atoms with Gasteiger partial charge in [0.2, 0.25) is 5.88 Å². The third-order valence-electron chi connectivity index (χ3n) is 7.28. The molecule has 2 atom stereocenters. The molecule has 4 aromatic rings. The maximum absolute atomic E-state index is 12.6. The molecule has 1 saturated heterocycles. The number of aryl methyl sites for hydroxylation is 1. The minimum absolute atomic E-state index is 0.305. The van der Waals surface area contributed by atoms with Gasteiger partial charge in [-0.2, -0.15) is 0 Å². The molecule has 0 spiro atoms. The molecule has 1 N–H and O–H groups in total. The van der Waals surface area contributed by atoms with Crippen LogP contribution in [0.4, 0.5) is 0 Å². The van der Waals surface area contributed by atoms with Crippen LogP contribution in [0.3, 0.4) is 0 Å². The molecule has 0 radical (unpaired) electrons. The molecule has 0 saturated carbocycles. The van der Waals surface area contributed by atoms with Crippen LogP contribution in [-0.4, -0.2) is 54.4 Å². The lowest BCUT2D eigenvalue weighted by Crippen LogP contribution is -2.40. The van der Waals surface area contributed by atoms with Gasteiger partial charge in [-0.05, 0) is 54.7 Å². The Bertz CT molecular complexity index is 1290. The van der Waals surface area contributed by atoms with E-state index >= 15 is 0 Å². The first-order valence-corrected chi connectivity index (χ1v) is 12.7. The molecule has 1 fully saturated rings. The van der Waals surface area contributed by atoms with Crippen molar-refractivity contribution in [3.63, 3.8) is 0 Å².